The molecule has 0 amide bonds. The minimum atomic E-state index is -0.323. The maximum Gasteiger partial charge on any atom is 0.338 e. The third-order valence-electron chi connectivity index (χ3n) is 5.69. The lowest BCUT2D eigenvalue weighted by molar-refractivity contribution is 0.0367. The van der Waals surface area contributed by atoms with Crippen molar-refractivity contribution in [3.05, 3.63) is 108 Å². The van der Waals surface area contributed by atoms with Gasteiger partial charge in [0.2, 0.25) is 0 Å². The lowest BCUT2D eigenvalue weighted by Crippen LogP contribution is -2.11. The van der Waals surface area contributed by atoms with E-state index in [1.165, 1.54) is 0 Å². The van der Waals surface area contributed by atoms with Crippen molar-refractivity contribution in [2.45, 2.75) is 39.9 Å². The molecule has 0 saturated heterocycles. The van der Waals surface area contributed by atoms with E-state index in [2.05, 4.69) is 24.3 Å². The molecule has 0 aliphatic heterocycles. The molecule has 0 aliphatic carbocycles. The van der Waals surface area contributed by atoms with Crippen molar-refractivity contribution in [1.29, 1.82) is 0 Å². The quantitative estimate of drug-likeness (QED) is 0.254. The molecule has 0 saturated carbocycles. The van der Waals surface area contributed by atoms with Crippen LogP contribution in [0.3, 0.4) is 0 Å². The molecule has 4 rings (SSSR count). The number of carbonyl (C=O) groups is 2. The highest BCUT2D eigenvalue weighted by Gasteiger charge is 2.15. The molecule has 0 aliphatic rings. The van der Waals surface area contributed by atoms with E-state index in [0.717, 1.165) is 33.4 Å². The van der Waals surface area contributed by atoms with E-state index in [1.54, 1.807) is 24.3 Å². The number of carbonyl (C=O) groups excluding carboxylic acids is 2. The van der Waals surface area contributed by atoms with Gasteiger partial charge in [0.25, 0.3) is 0 Å². The number of hydrogen-bond donors (Lipinski definition) is 0. The molecule has 4 nitrogen and oxygen atoms in total. The summed E-state index contributed by atoms with van der Waals surface area (Å²) in [5.74, 6) is -0.646. The Kier molecular flexibility index (Phi) is 7.65. The van der Waals surface area contributed by atoms with Crippen molar-refractivity contribution in [1.82, 2.24) is 0 Å². The molecule has 4 aromatic rings. The lowest BCUT2D eigenvalue weighted by atomic mass is 9.89. The van der Waals surface area contributed by atoms with Crippen molar-refractivity contribution in [3.8, 4) is 33.4 Å². The van der Waals surface area contributed by atoms with Crippen LogP contribution in [0.2, 0.25) is 0 Å². The summed E-state index contributed by atoms with van der Waals surface area (Å²) < 4.78 is 10.6. The van der Waals surface area contributed by atoms with Crippen LogP contribution in [-0.4, -0.2) is 24.1 Å². The molecule has 36 heavy (non-hydrogen) atoms. The van der Waals surface area contributed by atoms with Crippen molar-refractivity contribution in [3.63, 3.8) is 0 Å². The van der Waals surface area contributed by atoms with Gasteiger partial charge in [0.1, 0.15) is 0 Å². The SMILES string of the molecule is CC(C)OC(=O)c1ccc(-c2ccccc2-c2ccccc2-c2ccc(C(=O)OC(C)C)cc2)cc1. The molecule has 4 heteroatoms. The lowest BCUT2D eigenvalue weighted by Gasteiger charge is -2.15. The van der Waals surface area contributed by atoms with Crippen molar-refractivity contribution in [2.75, 3.05) is 0 Å². The summed E-state index contributed by atoms with van der Waals surface area (Å²) in [5.41, 5.74) is 7.35. The Balaban J connectivity index is 1.69. The van der Waals surface area contributed by atoms with Crippen LogP contribution in [0.5, 0.6) is 0 Å². The predicted molar refractivity (Wildman–Crippen MR) is 144 cm³/mol. The van der Waals surface area contributed by atoms with Crippen LogP contribution in [0.1, 0.15) is 48.4 Å². The van der Waals surface area contributed by atoms with Gasteiger partial charge in [-0.2, -0.15) is 0 Å². The summed E-state index contributed by atoms with van der Waals surface area (Å²) in [5, 5.41) is 0. The number of esters is 2. The van der Waals surface area contributed by atoms with Gasteiger partial charge in [-0.05, 0) is 85.3 Å². The fourth-order valence-corrected chi connectivity index (χ4v) is 4.08. The first-order valence-corrected chi connectivity index (χ1v) is 12.1. The highest BCUT2D eigenvalue weighted by atomic mass is 16.5. The summed E-state index contributed by atoms with van der Waals surface area (Å²) >= 11 is 0. The number of rotatable bonds is 7. The van der Waals surface area contributed by atoms with Gasteiger partial charge in [-0.15, -0.1) is 0 Å². The van der Waals surface area contributed by atoms with E-state index < -0.39 is 0 Å². The van der Waals surface area contributed by atoms with Gasteiger partial charge in [-0.3, -0.25) is 0 Å². The van der Waals surface area contributed by atoms with Crippen LogP contribution >= 0.6 is 0 Å². The van der Waals surface area contributed by atoms with Crippen molar-refractivity contribution < 1.29 is 19.1 Å². The van der Waals surface area contributed by atoms with Crippen molar-refractivity contribution >= 4 is 11.9 Å². The van der Waals surface area contributed by atoms with E-state index in [4.69, 9.17) is 9.47 Å². The van der Waals surface area contributed by atoms with Gasteiger partial charge in [0.15, 0.2) is 0 Å². The Morgan fingerprint density at radius 2 is 0.778 bits per heavy atom. The first-order valence-electron chi connectivity index (χ1n) is 12.1. The predicted octanol–water partition coefficient (Wildman–Crippen LogP) is 7.82. The first-order chi connectivity index (χ1) is 17.3. The second-order valence-corrected chi connectivity index (χ2v) is 9.15. The molecule has 0 fully saturated rings. The summed E-state index contributed by atoms with van der Waals surface area (Å²) in [7, 11) is 0. The molecule has 0 heterocycles. The van der Waals surface area contributed by atoms with Gasteiger partial charge >= 0.3 is 11.9 Å². The Bertz CT molecular complexity index is 1240. The van der Waals surface area contributed by atoms with Crippen LogP contribution in [-0.2, 0) is 9.47 Å². The van der Waals surface area contributed by atoms with E-state index in [1.807, 2.05) is 76.2 Å². The molecule has 0 radical (unpaired) electrons. The molecule has 0 atom stereocenters. The third-order valence-corrected chi connectivity index (χ3v) is 5.69. The van der Waals surface area contributed by atoms with Gasteiger partial charge in [0.05, 0.1) is 23.3 Å². The molecule has 0 N–H and O–H groups in total. The van der Waals surface area contributed by atoms with Crippen LogP contribution in [0, 0.1) is 0 Å². The minimum Gasteiger partial charge on any atom is -0.459 e. The maximum absolute atomic E-state index is 12.3. The van der Waals surface area contributed by atoms with Crippen LogP contribution in [0.4, 0.5) is 0 Å². The fourth-order valence-electron chi connectivity index (χ4n) is 4.08. The molecule has 0 bridgehead atoms. The Labute approximate surface area is 212 Å². The molecular formula is C32H30O4. The van der Waals surface area contributed by atoms with Crippen LogP contribution in [0.15, 0.2) is 97.1 Å². The monoisotopic (exact) mass is 478 g/mol. The Hall–Kier alpha value is -4.18. The van der Waals surface area contributed by atoms with Crippen molar-refractivity contribution in [2.24, 2.45) is 0 Å². The van der Waals surface area contributed by atoms with Gasteiger partial charge in [-0.1, -0.05) is 72.8 Å². The van der Waals surface area contributed by atoms with Gasteiger partial charge in [0, 0.05) is 0 Å². The zero-order chi connectivity index (χ0) is 25.7. The average molecular weight is 479 g/mol. The molecule has 0 spiro atoms. The minimum absolute atomic E-state index is 0.163. The number of ether oxygens (including phenoxy) is 2. The molecular weight excluding hydrogens is 448 g/mol. The summed E-state index contributed by atoms with van der Waals surface area (Å²) in [4.78, 5) is 24.5. The summed E-state index contributed by atoms with van der Waals surface area (Å²) in [6.45, 7) is 7.35. The first kappa shape index (κ1) is 24.9. The molecule has 0 aromatic heterocycles. The van der Waals surface area contributed by atoms with Crippen LogP contribution < -0.4 is 0 Å². The van der Waals surface area contributed by atoms with E-state index >= 15 is 0 Å². The Morgan fingerprint density at radius 3 is 1.08 bits per heavy atom. The number of hydrogen-bond acceptors (Lipinski definition) is 4. The third kappa shape index (κ3) is 5.72. The fraction of sp³-hybridized carbons (Fsp3) is 0.188. The topological polar surface area (TPSA) is 52.6 Å². The summed E-state index contributed by atoms with van der Waals surface area (Å²) in [6.07, 6.45) is -0.325. The largest absolute Gasteiger partial charge is 0.459 e. The number of benzene rings is 4. The highest BCUT2D eigenvalue weighted by Crippen LogP contribution is 2.38. The van der Waals surface area contributed by atoms with E-state index in [9.17, 15) is 9.59 Å². The zero-order valence-corrected chi connectivity index (χ0v) is 21.0. The molecule has 182 valence electrons. The van der Waals surface area contributed by atoms with Gasteiger partial charge in [-0.25, -0.2) is 9.59 Å². The Morgan fingerprint density at radius 1 is 0.472 bits per heavy atom. The summed E-state index contributed by atoms with van der Waals surface area (Å²) in [6, 6.07) is 31.5. The van der Waals surface area contributed by atoms with E-state index in [0.29, 0.717) is 11.1 Å². The average Bonchev–Trinajstić information content (AvgIpc) is 2.88. The zero-order valence-electron chi connectivity index (χ0n) is 21.0. The highest BCUT2D eigenvalue weighted by molar-refractivity contribution is 5.94. The van der Waals surface area contributed by atoms with Crippen LogP contribution in [0.25, 0.3) is 33.4 Å². The van der Waals surface area contributed by atoms with Gasteiger partial charge < -0.3 is 9.47 Å². The second-order valence-electron chi connectivity index (χ2n) is 9.15. The maximum atomic E-state index is 12.3. The molecule has 0 unspecified atom stereocenters. The standard InChI is InChI=1S/C32H30O4/c1-21(2)35-31(33)25-17-13-23(14-18-25)27-9-5-7-11-29(27)30-12-8-6-10-28(30)24-15-19-26(20-16-24)32(34)36-22(3)4/h5-22H,1-4H3. The molecule has 4 aromatic carbocycles. The second kappa shape index (κ2) is 11.0. The smallest absolute Gasteiger partial charge is 0.338 e. The normalized spacial score (nSPS) is 10.9. The van der Waals surface area contributed by atoms with E-state index in [-0.39, 0.29) is 24.1 Å².